The minimum atomic E-state index is -0.698. The summed E-state index contributed by atoms with van der Waals surface area (Å²) in [5, 5.41) is 0. The molecule has 0 bridgehead atoms. The third kappa shape index (κ3) is 4.11. The molecule has 1 heterocycles. The quantitative estimate of drug-likeness (QED) is 0.163. The van der Waals surface area contributed by atoms with E-state index in [4.69, 9.17) is 9.47 Å². The van der Waals surface area contributed by atoms with Crippen LogP contribution >= 0.6 is 12.6 Å². The van der Waals surface area contributed by atoms with Crippen LogP contribution in [0.4, 0.5) is 0 Å². The number of nitrogens with zero attached hydrogens (tertiary/aromatic N) is 1. The van der Waals surface area contributed by atoms with Crippen LogP contribution in [0.2, 0.25) is 0 Å². The van der Waals surface area contributed by atoms with Crippen molar-refractivity contribution in [3.05, 3.63) is 131 Å². The predicted octanol–water partition coefficient (Wildman–Crippen LogP) is 6.69. The van der Waals surface area contributed by atoms with E-state index >= 15 is 0 Å². The standard InChI is InChI=1S/C34H33NO3S/c1-33(2)30(38-23-39)21-35(31(33)32(36)37-22-24-13-5-3-6-14-24)34(25-15-7-4-8-16-25)28-19-11-9-17-26(28)27-18-10-12-20-29(27)34/h3-20,30-31,39H,21-23H2,1-2H3/t30-,31+/m0/s1. The van der Waals surface area contributed by atoms with Gasteiger partial charge in [-0.05, 0) is 33.4 Å². The Labute approximate surface area is 236 Å². The Bertz CT molecular complexity index is 1420. The highest BCUT2D eigenvalue weighted by atomic mass is 32.1. The van der Waals surface area contributed by atoms with Crippen LogP contribution in [0.1, 0.15) is 36.1 Å². The smallest absolute Gasteiger partial charge is 0.324 e. The molecular weight excluding hydrogens is 502 g/mol. The Balaban J connectivity index is 1.55. The Morgan fingerprint density at radius 3 is 1.95 bits per heavy atom. The zero-order chi connectivity index (χ0) is 27.0. The second kappa shape index (κ2) is 10.3. The minimum Gasteiger partial charge on any atom is -0.460 e. The van der Waals surface area contributed by atoms with Crippen LogP contribution in [0, 0.1) is 5.41 Å². The van der Waals surface area contributed by atoms with Crippen molar-refractivity contribution in [1.82, 2.24) is 4.90 Å². The average Bonchev–Trinajstić information content (AvgIpc) is 3.42. The van der Waals surface area contributed by atoms with Crippen LogP contribution in [-0.2, 0) is 26.4 Å². The molecule has 2 aliphatic rings. The third-order valence-electron chi connectivity index (χ3n) is 8.48. The Morgan fingerprint density at radius 2 is 1.36 bits per heavy atom. The monoisotopic (exact) mass is 535 g/mol. The molecule has 0 spiro atoms. The summed E-state index contributed by atoms with van der Waals surface area (Å²) in [6, 6.07) is 36.9. The normalized spacial score (nSPS) is 20.8. The van der Waals surface area contributed by atoms with Gasteiger partial charge in [-0.25, -0.2) is 0 Å². The molecule has 0 aromatic heterocycles. The molecule has 4 aromatic rings. The molecule has 6 rings (SSSR count). The Morgan fingerprint density at radius 1 is 0.821 bits per heavy atom. The van der Waals surface area contributed by atoms with Crippen molar-refractivity contribution < 1.29 is 14.3 Å². The zero-order valence-electron chi connectivity index (χ0n) is 22.3. The van der Waals surface area contributed by atoms with Gasteiger partial charge in [0.25, 0.3) is 0 Å². The fourth-order valence-corrected chi connectivity index (χ4v) is 6.88. The van der Waals surface area contributed by atoms with Crippen molar-refractivity contribution in [2.75, 3.05) is 12.5 Å². The lowest BCUT2D eigenvalue weighted by molar-refractivity contribution is -0.156. The van der Waals surface area contributed by atoms with Gasteiger partial charge in [-0.3, -0.25) is 9.69 Å². The number of ether oxygens (including phenoxy) is 2. The highest BCUT2D eigenvalue weighted by Gasteiger charge is 2.62. The van der Waals surface area contributed by atoms with Gasteiger partial charge in [0.1, 0.15) is 12.6 Å². The summed E-state index contributed by atoms with van der Waals surface area (Å²) in [5.41, 5.74) is 5.55. The van der Waals surface area contributed by atoms with Gasteiger partial charge >= 0.3 is 5.97 Å². The minimum absolute atomic E-state index is 0.218. The van der Waals surface area contributed by atoms with Gasteiger partial charge in [-0.15, -0.1) is 0 Å². The maximum Gasteiger partial charge on any atom is 0.324 e. The van der Waals surface area contributed by atoms with E-state index in [-0.39, 0.29) is 24.6 Å². The first-order valence-corrected chi connectivity index (χ1v) is 14.1. The Kier molecular flexibility index (Phi) is 6.84. The van der Waals surface area contributed by atoms with Crippen molar-refractivity contribution in [3.8, 4) is 11.1 Å². The topological polar surface area (TPSA) is 38.8 Å². The fourth-order valence-electron chi connectivity index (χ4n) is 6.70. The lowest BCUT2D eigenvalue weighted by Gasteiger charge is -2.45. The number of likely N-dealkylation sites (tertiary alicyclic amines) is 1. The molecule has 4 aromatic carbocycles. The van der Waals surface area contributed by atoms with E-state index < -0.39 is 17.0 Å². The summed E-state index contributed by atoms with van der Waals surface area (Å²) in [7, 11) is 0. The van der Waals surface area contributed by atoms with Crippen LogP contribution in [0.15, 0.2) is 109 Å². The molecule has 39 heavy (non-hydrogen) atoms. The summed E-state index contributed by atoms with van der Waals surface area (Å²) < 4.78 is 12.3. The van der Waals surface area contributed by atoms with Crippen LogP contribution in [0.5, 0.6) is 0 Å². The first-order chi connectivity index (χ1) is 19.0. The first-order valence-electron chi connectivity index (χ1n) is 13.4. The summed E-state index contributed by atoms with van der Waals surface area (Å²) >= 11 is 4.41. The molecule has 0 saturated carbocycles. The van der Waals surface area contributed by atoms with Crippen molar-refractivity contribution in [2.24, 2.45) is 5.41 Å². The van der Waals surface area contributed by atoms with Crippen molar-refractivity contribution in [3.63, 3.8) is 0 Å². The SMILES string of the molecule is CC1(C)[C@@H](OCS)CN(C2(c3ccccc3)c3ccccc3-c3ccccc32)[C@@H]1C(=O)OCc1ccccc1. The van der Waals surface area contributed by atoms with E-state index in [1.54, 1.807) is 0 Å². The first kappa shape index (κ1) is 25.9. The lowest BCUT2D eigenvalue weighted by Crippen LogP contribution is -2.55. The van der Waals surface area contributed by atoms with Gasteiger partial charge in [-0.1, -0.05) is 123 Å². The van der Waals surface area contributed by atoms with E-state index in [0.717, 1.165) is 11.1 Å². The third-order valence-corrected chi connectivity index (χ3v) is 8.63. The summed E-state index contributed by atoms with van der Waals surface area (Å²) in [6.07, 6.45) is -0.218. The Hall–Kier alpha value is -3.38. The highest BCUT2D eigenvalue weighted by molar-refractivity contribution is 7.80. The summed E-state index contributed by atoms with van der Waals surface area (Å²) in [4.78, 5) is 16.6. The van der Waals surface area contributed by atoms with Crippen molar-refractivity contribution in [1.29, 1.82) is 0 Å². The molecule has 4 nitrogen and oxygen atoms in total. The molecule has 0 radical (unpaired) electrons. The van der Waals surface area contributed by atoms with Gasteiger partial charge in [-0.2, -0.15) is 12.6 Å². The molecule has 1 aliphatic heterocycles. The van der Waals surface area contributed by atoms with E-state index in [0.29, 0.717) is 6.54 Å². The van der Waals surface area contributed by atoms with E-state index in [1.807, 2.05) is 36.4 Å². The average molecular weight is 536 g/mol. The maximum absolute atomic E-state index is 14.2. The molecule has 0 unspecified atom stereocenters. The lowest BCUT2D eigenvalue weighted by atomic mass is 9.76. The number of carbonyl (C=O) groups excluding carboxylic acids is 1. The maximum atomic E-state index is 14.2. The molecule has 1 aliphatic carbocycles. The number of thiol groups is 1. The van der Waals surface area contributed by atoms with E-state index in [2.05, 4.69) is 104 Å². The van der Waals surface area contributed by atoms with Crippen LogP contribution in [-0.4, -0.2) is 35.5 Å². The van der Waals surface area contributed by atoms with E-state index in [9.17, 15) is 4.79 Å². The molecule has 198 valence electrons. The van der Waals surface area contributed by atoms with Gasteiger partial charge in [0.15, 0.2) is 0 Å². The molecule has 1 fully saturated rings. The molecule has 0 N–H and O–H groups in total. The highest BCUT2D eigenvalue weighted by Crippen LogP contribution is 2.58. The van der Waals surface area contributed by atoms with Gasteiger partial charge in [0, 0.05) is 12.0 Å². The van der Waals surface area contributed by atoms with Crippen LogP contribution in [0.3, 0.4) is 0 Å². The molecule has 0 amide bonds. The summed E-state index contributed by atoms with van der Waals surface area (Å²) in [6.45, 7) is 5.00. The van der Waals surface area contributed by atoms with Crippen molar-refractivity contribution >= 4 is 18.6 Å². The molecule has 5 heteroatoms. The van der Waals surface area contributed by atoms with E-state index in [1.165, 1.54) is 22.3 Å². The number of benzene rings is 4. The van der Waals surface area contributed by atoms with Crippen LogP contribution < -0.4 is 0 Å². The largest absolute Gasteiger partial charge is 0.460 e. The van der Waals surface area contributed by atoms with Gasteiger partial charge in [0.2, 0.25) is 0 Å². The van der Waals surface area contributed by atoms with Gasteiger partial charge < -0.3 is 9.47 Å². The van der Waals surface area contributed by atoms with Crippen LogP contribution in [0.25, 0.3) is 11.1 Å². The predicted molar refractivity (Wildman–Crippen MR) is 157 cm³/mol. The second-order valence-corrected chi connectivity index (χ2v) is 11.2. The zero-order valence-corrected chi connectivity index (χ0v) is 23.2. The molecular formula is C34H33NO3S. The second-order valence-electron chi connectivity index (χ2n) is 10.9. The number of rotatable bonds is 7. The number of hydrogen-bond donors (Lipinski definition) is 1. The fraction of sp³-hybridized carbons (Fsp3) is 0.265. The number of esters is 1. The number of fused-ring (bicyclic) bond motifs is 3. The molecule has 2 atom stereocenters. The van der Waals surface area contributed by atoms with Gasteiger partial charge in [0.05, 0.1) is 17.6 Å². The number of carbonyl (C=O) groups is 1. The number of hydrogen-bond acceptors (Lipinski definition) is 5. The summed E-state index contributed by atoms with van der Waals surface area (Å²) in [5.74, 6) is 0.0328. The van der Waals surface area contributed by atoms with Crippen molar-refractivity contribution in [2.45, 2.75) is 38.1 Å². The molecule has 1 saturated heterocycles.